The van der Waals surface area contributed by atoms with E-state index < -0.39 is 0 Å². The van der Waals surface area contributed by atoms with Crippen LogP contribution in [0.15, 0.2) is 29.0 Å². The predicted octanol–water partition coefficient (Wildman–Crippen LogP) is 0.926. The van der Waals surface area contributed by atoms with Crippen molar-refractivity contribution in [2.24, 2.45) is 4.99 Å². The van der Waals surface area contributed by atoms with Crippen molar-refractivity contribution in [2.45, 2.75) is 13.8 Å². The third-order valence-electron chi connectivity index (χ3n) is 2.11. The first-order valence-electron chi connectivity index (χ1n) is 5.02. The highest BCUT2D eigenvalue weighted by Crippen LogP contribution is 2.05. The number of carbonyl (C=O) groups excluding carboxylic acids is 1. The van der Waals surface area contributed by atoms with Crippen LogP contribution in [-0.4, -0.2) is 36.7 Å². The molecular weight excluding hydrogens is 190 g/mol. The van der Waals surface area contributed by atoms with Crippen LogP contribution in [-0.2, 0) is 4.79 Å². The molecule has 4 heteroatoms. The van der Waals surface area contributed by atoms with Gasteiger partial charge < -0.3 is 10.2 Å². The van der Waals surface area contributed by atoms with Gasteiger partial charge in [0.15, 0.2) is 0 Å². The molecule has 1 aliphatic rings. The van der Waals surface area contributed by atoms with E-state index in [1.165, 1.54) is 0 Å². The molecule has 0 aliphatic carbocycles. The first-order chi connectivity index (χ1) is 7.15. The molecule has 1 aliphatic heterocycles. The smallest absolute Gasteiger partial charge is 0.241 e. The Kier molecular flexibility index (Phi) is 4.24. The molecule has 0 spiro atoms. The average molecular weight is 207 g/mol. The summed E-state index contributed by atoms with van der Waals surface area (Å²) in [6, 6.07) is 0. The molecule has 0 radical (unpaired) electrons. The molecule has 1 heterocycles. The van der Waals surface area contributed by atoms with Gasteiger partial charge in [0.05, 0.1) is 18.5 Å². The third kappa shape index (κ3) is 3.32. The zero-order valence-corrected chi connectivity index (χ0v) is 9.29. The van der Waals surface area contributed by atoms with Crippen LogP contribution in [0.2, 0.25) is 0 Å². The van der Waals surface area contributed by atoms with Crippen molar-refractivity contribution in [1.82, 2.24) is 10.2 Å². The first-order valence-corrected chi connectivity index (χ1v) is 5.02. The number of nitrogens with zero attached hydrogens (tertiary/aromatic N) is 2. The second-order valence-corrected chi connectivity index (χ2v) is 3.43. The molecule has 1 N–H and O–H groups in total. The van der Waals surface area contributed by atoms with E-state index >= 15 is 0 Å². The van der Waals surface area contributed by atoms with Gasteiger partial charge in [0.25, 0.3) is 0 Å². The van der Waals surface area contributed by atoms with Gasteiger partial charge in [0, 0.05) is 18.8 Å². The summed E-state index contributed by atoms with van der Waals surface area (Å²) in [5, 5.41) is 3.03. The van der Waals surface area contributed by atoms with Gasteiger partial charge in [-0.3, -0.25) is 9.79 Å². The van der Waals surface area contributed by atoms with Crippen molar-refractivity contribution in [3.05, 3.63) is 24.0 Å². The Morgan fingerprint density at radius 3 is 2.93 bits per heavy atom. The van der Waals surface area contributed by atoms with Crippen LogP contribution >= 0.6 is 0 Å². The molecule has 0 aromatic rings. The van der Waals surface area contributed by atoms with Crippen LogP contribution in [0.5, 0.6) is 0 Å². The zero-order valence-electron chi connectivity index (χ0n) is 9.29. The Morgan fingerprint density at radius 1 is 1.67 bits per heavy atom. The maximum atomic E-state index is 11.6. The Hall–Kier alpha value is -1.42. The molecule has 1 amide bonds. The molecule has 0 saturated carbocycles. The van der Waals surface area contributed by atoms with Crippen LogP contribution in [0.25, 0.3) is 0 Å². The number of nitrogens with one attached hydrogen (secondary N) is 1. The van der Waals surface area contributed by atoms with Crippen LogP contribution in [0, 0.1) is 0 Å². The Morgan fingerprint density at radius 2 is 2.40 bits per heavy atom. The van der Waals surface area contributed by atoms with E-state index in [1.54, 1.807) is 11.1 Å². The second kappa shape index (κ2) is 5.46. The van der Waals surface area contributed by atoms with E-state index in [4.69, 9.17) is 0 Å². The lowest BCUT2D eigenvalue weighted by molar-refractivity contribution is -0.129. The molecule has 1 fully saturated rings. The van der Waals surface area contributed by atoms with Gasteiger partial charge in [0.2, 0.25) is 5.91 Å². The summed E-state index contributed by atoms with van der Waals surface area (Å²) in [5.74, 6) is 0.0857. The summed E-state index contributed by atoms with van der Waals surface area (Å²) in [4.78, 5) is 17.4. The molecule has 1 saturated heterocycles. The summed E-state index contributed by atoms with van der Waals surface area (Å²) >= 11 is 0. The largest absolute Gasteiger partial charge is 0.309 e. The zero-order chi connectivity index (χ0) is 11.3. The molecular formula is C11H17N3O. The highest BCUT2D eigenvalue weighted by atomic mass is 16.2. The van der Waals surface area contributed by atoms with Gasteiger partial charge >= 0.3 is 0 Å². The molecule has 0 unspecified atom stereocenters. The summed E-state index contributed by atoms with van der Waals surface area (Å²) in [6.07, 6.45) is 3.57. The monoisotopic (exact) mass is 207 g/mol. The van der Waals surface area contributed by atoms with Gasteiger partial charge in [-0.05, 0) is 13.8 Å². The minimum absolute atomic E-state index is 0.0857. The topological polar surface area (TPSA) is 44.7 Å². The van der Waals surface area contributed by atoms with Crippen molar-refractivity contribution in [1.29, 1.82) is 0 Å². The SMILES string of the molecule is C=C(C)N=C/C(=C\C)N1CCNCC1=O. The van der Waals surface area contributed by atoms with Gasteiger partial charge in [-0.25, -0.2) is 0 Å². The lowest BCUT2D eigenvalue weighted by Crippen LogP contribution is -2.47. The van der Waals surface area contributed by atoms with E-state index in [9.17, 15) is 4.79 Å². The second-order valence-electron chi connectivity index (χ2n) is 3.43. The molecule has 82 valence electrons. The van der Waals surface area contributed by atoms with E-state index in [0.717, 1.165) is 17.9 Å². The number of hydrogen-bond donors (Lipinski definition) is 1. The fourth-order valence-electron chi connectivity index (χ4n) is 1.36. The van der Waals surface area contributed by atoms with Gasteiger partial charge in [-0.15, -0.1) is 0 Å². The summed E-state index contributed by atoms with van der Waals surface area (Å²) in [5.41, 5.74) is 1.57. The lowest BCUT2D eigenvalue weighted by Gasteiger charge is -2.27. The summed E-state index contributed by atoms with van der Waals surface area (Å²) in [7, 11) is 0. The van der Waals surface area contributed by atoms with Crippen molar-refractivity contribution < 1.29 is 4.79 Å². The maximum Gasteiger partial charge on any atom is 0.241 e. The maximum absolute atomic E-state index is 11.6. The number of piperazine rings is 1. The average Bonchev–Trinajstić information content (AvgIpc) is 2.21. The first kappa shape index (κ1) is 11.7. The summed E-state index contributed by atoms with van der Waals surface area (Å²) < 4.78 is 0. The Balaban J connectivity index is 2.74. The normalized spacial score (nSPS) is 18.7. The number of allylic oxidation sites excluding steroid dienone is 3. The minimum atomic E-state index is 0.0857. The fraction of sp³-hybridized carbons (Fsp3) is 0.455. The number of carbonyl (C=O) groups is 1. The van der Waals surface area contributed by atoms with Crippen LogP contribution in [0.1, 0.15) is 13.8 Å². The van der Waals surface area contributed by atoms with E-state index in [0.29, 0.717) is 13.1 Å². The number of aliphatic imine (C=N–C) groups is 1. The summed E-state index contributed by atoms with van der Waals surface area (Å²) in [6.45, 7) is 9.32. The molecule has 1 rings (SSSR count). The van der Waals surface area contributed by atoms with Crippen molar-refractivity contribution in [3.63, 3.8) is 0 Å². The highest BCUT2D eigenvalue weighted by Gasteiger charge is 2.19. The van der Waals surface area contributed by atoms with Crippen LogP contribution in [0.3, 0.4) is 0 Å². The van der Waals surface area contributed by atoms with Crippen molar-refractivity contribution >= 4 is 12.1 Å². The predicted molar refractivity (Wildman–Crippen MR) is 61.6 cm³/mol. The Labute approximate surface area is 90.4 Å². The third-order valence-corrected chi connectivity index (χ3v) is 2.11. The number of rotatable bonds is 3. The van der Waals surface area contributed by atoms with Gasteiger partial charge in [0.1, 0.15) is 0 Å². The van der Waals surface area contributed by atoms with Crippen LogP contribution in [0.4, 0.5) is 0 Å². The molecule has 0 aromatic heterocycles. The minimum Gasteiger partial charge on any atom is -0.309 e. The standard InChI is InChI=1S/C11H17N3O/c1-4-10(7-13-9(2)3)14-6-5-12-8-11(14)15/h4,7,12H,2,5-6,8H2,1,3H3/b10-4+,13-7?. The highest BCUT2D eigenvalue weighted by molar-refractivity contribution is 5.89. The lowest BCUT2D eigenvalue weighted by atomic mass is 10.3. The molecule has 4 nitrogen and oxygen atoms in total. The molecule has 0 bridgehead atoms. The quantitative estimate of drug-likeness (QED) is 0.700. The molecule has 0 aromatic carbocycles. The van der Waals surface area contributed by atoms with E-state index in [1.807, 2.05) is 19.9 Å². The van der Waals surface area contributed by atoms with Crippen LogP contribution < -0.4 is 5.32 Å². The van der Waals surface area contributed by atoms with E-state index in [-0.39, 0.29) is 5.91 Å². The molecule has 0 atom stereocenters. The number of amides is 1. The van der Waals surface area contributed by atoms with Crippen molar-refractivity contribution in [3.8, 4) is 0 Å². The Bertz CT molecular complexity index is 318. The van der Waals surface area contributed by atoms with Gasteiger partial charge in [-0.2, -0.15) is 0 Å². The fourth-order valence-corrected chi connectivity index (χ4v) is 1.36. The van der Waals surface area contributed by atoms with Gasteiger partial charge in [-0.1, -0.05) is 12.7 Å². The van der Waals surface area contributed by atoms with Crippen molar-refractivity contribution in [2.75, 3.05) is 19.6 Å². The molecule has 15 heavy (non-hydrogen) atoms. The van der Waals surface area contributed by atoms with E-state index in [2.05, 4.69) is 16.9 Å². The number of hydrogen-bond acceptors (Lipinski definition) is 3.